The maximum atomic E-state index is 12.3. The minimum absolute atomic E-state index is 0.0423. The number of carbonyl (C=O) groups is 1. The molecule has 0 unspecified atom stereocenters. The van der Waals surface area contributed by atoms with Gasteiger partial charge in [-0.2, -0.15) is 0 Å². The molecule has 1 aromatic carbocycles. The Kier molecular flexibility index (Phi) is 5.53. The lowest BCUT2D eigenvalue weighted by molar-refractivity contribution is 0.0732. The molecule has 0 fully saturated rings. The number of aliphatic hydroxyl groups excluding tert-OH is 1. The van der Waals surface area contributed by atoms with Gasteiger partial charge in [-0.05, 0) is 49.7 Å². The molecule has 0 spiro atoms. The van der Waals surface area contributed by atoms with Crippen molar-refractivity contribution in [2.45, 2.75) is 20.5 Å². The van der Waals surface area contributed by atoms with Gasteiger partial charge in [0, 0.05) is 31.0 Å². The van der Waals surface area contributed by atoms with E-state index in [1.807, 2.05) is 42.8 Å². The van der Waals surface area contributed by atoms with Crippen molar-refractivity contribution < 1.29 is 14.6 Å². The molecule has 6 heteroatoms. The minimum atomic E-state index is -0.0937. The van der Waals surface area contributed by atoms with Gasteiger partial charge in [-0.25, -0.2) is 4.98 Å². The summed E-state index contributed by atoms with van der Waals surface area (Å²) in [5, 5.41) is 9.03. The third-order valence-electron chi connectivity index (χ3n) is 4.18. The van der Waals surface area contributed by atoms with Gasteiger partial charge in [0.25, 0.3) is 5.91 Å². The highest BCUT2D eigenvalue weighted by Crippen LogP contribution is 2.16. The maximum absolute atomic E-state index is 12.3. The Hall–Kier alpha value is -2.86. The van der Waals surface area contributed by atoms with Gasteiger partial charge >= 0.3 is 0 Å². The molecule has 3 rings (SSSR count). The monoisotopic (exact) mass is 353 g/mol. The number of benzene rings is 1. The number of aryl methyl sites for hydroxylation is 1. The molecule has 2 heterocycles. The smallest absolute Gasteiger partial charge is 0.253 e. The molecule has 0 saturated carbocycles. The van der Waals surface area contributed by atoms with Crippen LogP contribution in [0.3, 0.4) is 0 Å². The number of nitrogens with zero attached hydrogens (tertiary/aromatic N) is 3. The quantitative estimate of drug-likeness (QED) is 0.709. The number of ether oxygens (including phenoxy) is 1. The van der Waals surface area contributed by atoms with E-state index in [-0.39, 0.29) is 12.5 Å². The van der Waals surface area contributed by atoms with Crippen LogP contribution < -0.4 is 4.74 Å². The largest absolute Gasteiger partial charge is 0.487 e. The lowest BCUT2D eigenvalue weighted by atomic mass is 10.2. The number of carbonyl (C=O) groups excluding carboxylic acids is 1. The molecule has 1 N–H and O–H groups in total. The zero-order valence-corrected chi connectivity index (χ0v) is 15.1. The summed E-state index contributed by atoms with van der Waals surface area (Å²) in [4.78, 5) is 18.5. The van der Waals surface area contributed by atoms with E-state index in [9.17, 15) is 4.79 Å². The van der Waals surface area contributed by atoms with Crippen molar-refractivity contribution in [3.8, 4) is 5.75 Å². The first-order valence-corrected chi connectivity index (χ1v) is 8.68. The first-order chi connectivity index (χ1) is 12.6. The highest BCUT2D eigenvalue weighted by Gasteiger charge is 2.13. The van der Waals surface area contributed by atoms with Gasteiger partial charge in [0.05, 0.1) is 12.3 Å². The first-order valence-electron chi connectivity index (χ1n) is 8.68. The standard InChI is InChI=1S/C20H23N3O3/c1-3-22(10-11-24)20(25)16-5-7-18(8-6-16)26-14-17-13-23-12-15(2)4-9-19(23)21-17/h4-9,12-13,24H,3,10-11,14H2,1-2H3. The Morgan fingerprint density at radius 1 is 1.19 bits per heavy atom. The number of aliphatic hydroxyl groups is 1. The molecule has 0 aliphatic rings. The molecule has 0 atom stereocenters. The van der Waals surface area contributed by atoms with Crippen molar-refractivity contribution in [2.24, 2.45) is 0 Å². The van der Waals surface area contributed by atoms with E-state index < -0.39 is 0 Å². The van der Waals surface area contributed by atoms with Crippen molar-refractivity contribution in [3.05, 3.63) is 65.6 Å². The average molecular weight is 353 g/mol. The topological polar surface area (TPSA) is 67.1 Å². The Morgan fingerprint density at radius 2 is 1.96 bits per heavy atom. The normalized spacial score (nSPS) is 10.9. The Morgan fingerprint density at radius 3 is 2.65 bits per heavy atom. The minimum Gasteiger partial charge on any atom is -0.487 e. The first kappa shape index (κ1) is 17.9. The van der Waals surface area contributed by atoms with E-state index in [0.717, 1.165) is 11.3 Å². The molecular formula is C20H23N3O3. The summed E-state index contributed by atoms with van der Waals surface area (Å²) in [7, 11) is 0. The fourth-order valence-electron chi connectivity index (χ4n) is 2.78. The summed E-state index contributed by atoms with van der Waals surface area (Å²) in [5.74, 6) is 0.587. The molecule has 2 aromatic heterocycles. The van der Waals surface area contributed by atoms with Crippen LogP contribution in [0.4, 0.5) is 0 Å². The fourth-order valence-corrected chi connectivity index (χ4v) is 2.78. The van der Waals surface area contributed by atoms with Crippen molar-refractivity contribution in [1.29, 1.82) is 0 Å². The van der Waals surface area contributed by atoms with Gasteiger partial charge in [-0.15, -0.1) is 0 Å². The average Bonchev–Trinajstić information content (AvgIpc) is 3.06. The van der Waals surface area contributed by atoms with Gasteiger partial charge in [0.2, 0.25) is 0 Å². The number of likely N-dealkylation sites (N-methyl/N-ethyl adjacent to an activating group) is 1. The Labute approximate surface area is 152 Å². The van der Waals surface area contributed by atoms with E-state index in [1.54, 1.807) is 29.2 Å². The number of rotatable bonds is 7. The van der Waals surface area contributed by atoms with Crippen LogP contribution >= 0.6 is 0 Å². The molecule has 136 valence electrons. The number of hydrogen-bond donors (Lipinski definition) is 1. The van der Waals surface area contributed by atoms with Gasteiger partial charge in [-0.3, -0.25) is 4.79 Å². The number of pyridine rings is 1. The molecule has 1 amide bonds. The molecule has 6 nitrogen and oxygen atoms in total. The van der Waals surface area contributed by atoms with E-state index in [2.05, 4.69) is 4.98 Å². The van der Waals surface area contributed by atoms with Crippen LogP contribution in [0.25, 0.3) is 5.65 Å². The predicted octanol–water partition coefficient (Wildman–Crippen LogP) is 2.68. The zero-order valence-electron chi connectivity index (χ0n) is 15.1. The van der Waals surface area contributed by atoms with Crippen LogP contribution in [0, 0.1) is 6.92 Å². The third kappa shape index (κ3) is 4.03. The highest BCUT2D eigenvalue weighted by atomic mass is 16.5. The van der Waals surface area contributed by atoms with E-state index >= 15 is 0 Å². The molecule has 0 aliphatic carbocycles. The summed E-state index contributed by atoms with van der Waals surface area (Å²) < 4.78 is 7.76. The van der Waals surface area contributed by atoms with Crippen LogP contribution in [0.15, 0.2) is 48.8 Å². The van der Waals surface area contributed by atoms with Crippen molar-refractivity contribution in [2.75, 3.05) is 19.7 Å². The van der Waals surface area contributed by atoms with E-state index in [4.69, 9.17) is 9.84 Å². The summed E-state index contributed by atoms with van der Waals surface area (Å²) in [5.41, 5.74) is 3.48. The summed E-state index contributed by atoms with van der Waals surface area (Å²) in [6, 6.07) is 11.0. The number of aromatic nitrogens is 2. The summed E-state index contributed by atoms with van der Waals surface area (Å²) in [6.07, 6.45) is 3.98. The van der Waals surface area contributed by atoms with Crippen molar-refractivity contribution in [1.82, 2.24) is 14.3 Å². The Balaban J connectivity index is 1.64. The SMILES string of the molecule is CCN(CCO)C(=O)c1ccc(OCc2cn3cc(C)ccc3n2)cc1. The Bertz CT molecular complexity index is 887. The van der Waals surface area contributed by atoms with Crippen LogP contribution in [-0.2, 0) is 6.61 Å². The number of hydrogen-bond acceptors (Lipinski definition) is 4. The second kappa shape index (κ2) is 8.01. The zero-order chi connectivity index (χ0) is 18.5. The van der Waals surface area contributed by atoms with Crippen molar-refractivity contribution in [3.63, 3.8) is 0 Å². The second-order valence-corrected chi connectivity index (χ2v) is 6.13. The molecule has 0 saturated heterocycles. The molecule has 0 radical (unpaired) electrons. The van der Waals surface area contributed by atoms with Crippen LogP contribution in [0.5, 0.6) is 5.75 Å². The van der Waals surface area contributed by atoms with Gasteiger partial charge in [0.15, 0.2) is 0 Å². The number of amides is 1. The molecule has 0 aliphatic heterocycles. The second-order valence-electron chi connectivity index (χ2n) is 6.13. The summed E-state index contributed by atoms with van der Waals surface area (Å²) in [6.45, 7) is 5.14. The summed E-state index contributed by atoms with van der Waals surface area (Å²) >= 11 is 0. The lowest BCUT2D eigenvalue weighted by Gasteiger charge is -2.19. The van der Waals surface area contributed by atoms with Crippen LogP contribution in [0.2, 0.25) is 0 Å². The van der Waals surface area contributed by atoms with E-state index in [1.165, 1.54) is 5.56 Å². The number of fused-ring (bicyclic) bond motifs is 1. The van der Waals surface area contributed by atoms with Crippen LogP contribution in [-0.4, -0.2) is 45.0 Å². The molecular weight excluding hydrogens is 330 g/mol. The fraction of sp³-hybridized carbons (Fsp3) is 0.300. The molecule has 0 bridgehead atoms. The van der Waals surface area contributed by atoms with Crippen molar-refractivity contribution >= 4 is 11.6 Å². The molecule has 3 aromatic rings. The van der Waals surface area contributed by atoms with Gasteiger partial charge in [-0.1, -0.05) is 6.07 Å². The van der Waals surface area contributed by atoms with E-state index in [0.29, 0.717) is 31.0 Å². The third-order valence-corrected chi connectivity index (χ3v) is 4.18. The highest BCUT2D eigenvalue weighted by molar-refractivity contribution is 5.94. The predicted molar refractivity (Wildman–Crippen MR) is 99.4 cm³/mol. The maximum Gasteiger partial charge on any atom is 0.253 e. The molecule has 26 heavy (non-hydrogen) atoms. The van der Waals surface area contributed by atoms with Crippen LogP contribution in [0.1, 0.15) is 28.5 Å². The number of imidazole rings is 1. The van der Waals surface area contributed by atoms with Gasteiger partial charge < -0.3 is 19.1 Å². The lowest BCUT2D eigenvalue weighted by Crippen LogP contribution is -2.33. The van der Waals surface area contributed by atoms with Gasteiger partial charge in [0.1, 0.15) is 18.0 Å².